The predicted molar refractivity (Wildman–Crippen MR) is 83.1 cm³/mol. The van der Waals surface area contributed by atoms with Crippen LogP contribution >= 0.6 is 0 Å². The molecule has 0 fully saturated rings. The van der Waals surface area contributed by atoms with Crippen LogP contribution in [0.5, 0.6) is 5.75 Å². The van der Waals surface area contributed by atoms with Gasteiger partial charge in [-0.15, -0.1) is 0 Å². The number of aryl methyl sites for hydroxylation is 1. The van der Waals surface area contributed by atoms with Crippen LogP contribution < -0.4 is 10.1 Å². The summed E-state index contributed by atoms with van der Waals surface area (Å²) >= 11 is 0. The lowest BCUT2D eigenvalue weighted by Gasteiger charge is -2.12. The van der Waals surface area contributed by atoms with E-state index in [0.29, 0.717) is 22.7 Å². The number of nitrogens with one attached hydrogen (secondary N) is 1. The van der Waals surface area contributed by atoms with E-state index in [1.165, 1.54) is 0 Å². The van der Waals surface area contributed by atoms with E-state index in [0.717, 1.165) is 11.8 Å². The van der Waals surface area contributed by atoms with E-state index < -0.39 is 0 Å². The van der Waals surface area contributed by atoms with Crippen molar-refractivity contribution in [2.75, 3.05) is 13.7 Å². The Morgan fingerprint density at radius 2 is 2.27 bits per heavy atom. The van der Waals surface area contributed by atoms with Crippen LogP contribution in [0.15, 0.2) is 34.8 Å². The molecule has 2 aromatic rings. The van der Waals surface area contributed by atoms with Crippen molar-refractivity contribution >= 4 is 16.9 Å². The highest BCUT2D eigenvalue weighted by Gasteiger charge is 2.24. The molecule has 0 radical (unpaired) electrons. The van der Waals surface area contributed by atoms with Crippen molar-refractivity contribution in [2.45, 2.75) is 19.4 Å². The molecule has 5 heteroatoms. The Morgan fingerprint density at radius 3 is 2.95 bits per heavy atom. The van der Waals surface area contributed by atoms with E-state index in [1.807, 2.05) is 18.2 Å². The Balaban J connectivity index is 1.87. The molecule has 2 N–H and O–H groups in total. The summed E-state index contributed by atoms with van der Waals surface area (Å²) in [6, 6.07) is 5.36. The monoisotopic (exact) mass is 301 g/mol. The average molecular weight is 301 g/mol. The van der Waals surface area contributed by atoms with E-state index in [2.05, 4.69) is 5.32 Å². The molecule has 5 nitrogen and oxygen atoms in total. The number of amides is 1. The number of ether oxygens (including phenoxy) is 1. The van der Waals surface area contributed by atoms with E-state index in [-0.39, 0.29) is 24.5 Å². The zero-order valence-electron chi connectivity index (χ0n) is 12.6. The van der Waals surface area contributed by atoms with Gasteiger partial charge in [0.1, 0.15) is 17.1 Å². The lowest BCUT2D eigenvalue weighted by atomic mass is 10.1. The second-order valence-electron chi connectivity index (χ2n) is 5.54. The topological polar surface area (TPSA) is 71.7 Å². The minimum atomic E-state index is -0.169. The van der Waals surface area contributed by atoms with Gasteiger partial charge in [0.2, 0.25) is 0 Å². The summed E-state index contributed by atoms with van der Waals surface area (Å²) in [6.07, 6.45) is 4.59. The van der Waals surface area contributed by atoms with Crippen LogP contribution in [-0.4, -0.2) is 30.8 Å². The number of fused-ring (bicyclic) bond motifs is 1. The smallest absolute Gasteiger partial charge is 0.255 e. The number of methoxy groups -OCH3 is 1. The lowest BCUT2D eigenvalue weighted by molar-refractivity contribution is 0.0941. The number of benzene rings is 1. The molecule has 3 rings (SSSR count). The molecule has 1 heterocycles. The minimum Gasteiger partial charge on any atom is -0.497 e. The highest BCUT2D eigenvalue weighted by Crippen LogP contribution is 2.29. The summed E-state index contributed by atoms with van der Waals surface area (Å²) in [4.78, 5) is 12.6. The van der Waals surface area contributed by atoms with Crippen LogP contribution in [0.25, 0.3) is 11.0 Å². The van der Waals surface area contributed by atoms with E-state index >= 15 is 0 Å². The van der Waals surface area contributed by atoms with Gasteiger partial charge in [-0.25, -0.2) is 0 Å². The van der Waals surface area contributed by atoms with Gasteiger partial charge in [0.25, 0.3) is 5.91 Å². The van der Waals surface area contributed by atoms with Gasteiger partial charge in [0.05, 0.1) is 12.7 Å². The Morgan fingerprint density at radius 1 is 1.45 bits per heavy atom. The number of carbonyl (C=O) groups is 1. The second kappa shape index (κ2) is 5.85. The number of rotatable bonds is 4. The molecule has 22 heavy (non-hydrogen) atoms. The van der Waals surface area contributed by atoms with E-state index in [1.54, 1.807) is 26.2 Å². The molecule has 0 saturated carbocycles. The number of furan rings is 1. The van der Waals surface area contributed by atoms with Gasteiger partial charge in [-0.1, -0.05) is 12.2 Å². The Labute approximate surface area is 128 Å². The second-order valence-corrected chi connectivity index (χ2v) is 5.54. The summed E-state index contributed by atoms with van der Waals surface area (Å²) in [5.74, 6) is 1.22. The van der Waals surface area contributed by atoms with Gasteiger partial charge in [-0.05, 0) is 31.5 Å². The quantitative estimate of drug-likeness (QED) is 0.851. The summed E-state index contributed by atoms with van der Waals surface area (Å²) in [5, 5.41) is 12.9. The van der Waals surface area contributed by atoms with Gasteiger partial charge in [0.15, 0.2) is 0 Å². The first-order valence-corrected chi connectivity index (χ1v) is 7.29. The Bertz CT molecular complexity index is 732. The van der Waals surface area contributed by atoms with Crippen LogP contribution in [-0.2, 0) is 0 Å². The molecule has 0 aliphatic heterocycles. The maximum Gasteiger partial charge on any atom is 0.255 e. The van der Waals surface area contributed by atoms with Gasteiger partial charge >= 0.3 is 0 Å². The van der Waals surface area contributed by atoms with Gasteiger partial charge in [0, 0.05) is 24.0 Å². The van der Waals surface area contributed by atoms with Crippen molar-refractivity contribution in [3.8, 4) is 5.75 Å². The summed E-state index contributed by atoms with van der Waals surface area (Å²) < 4.78 is 10.9. The van der Waals surface area contributed by atoms with Crippen molar-refractivity contribution in [1.29, 1.82) is 0 Å². The maximum atomic E-state index is 12.6. The normalized spacial score (nSPS) is 20.5. The Kier molecular flexibility index (Phi) is 3.90. The van der Waals surface area contributed by atoms with Crippen LogP contribution in [0.4, 0.5) is 0 Å². The molecular weight excluding hydrogens is 282 g/mol. The highest BCUT2D eigenvalue weighted by atomic mass is 16.5. The molecule has 1 aliphatic carbocycles. The zero-order chi connectivity index (χ0) is 15.7. The van der Waals surface area contributed by atoms with Crippen molar-refractivity contribution in [3.63, 3.8) is 0 Å². The molecule has 1 aromatic heterocycles. The molecule has 116 valence electrons. The van der Waals surface area contributed by atoms with Crippen molar-refractivity contribution < 1.29 is 19.1 Å². The summed E-state index contributed by atoms with van der Waals surface area (Å²) in [5.41, 5.74) is 1.20. The molecule has 0 unspecified atom stereocenters. The number of hydrogen-bond acceptors (Lipinski definition) is 4. The van der Waals surface area contributed by atoms with Gasteiger partial charge in [-0.3, -0.25) is 4.79 Å². The van der Waals surface area contributed by atoms with Gasteiger partial charge in [-0.2, -0.15) is 0 Å². The molecule has 2 atom stereocenters. The maximum absolute atomic E-state index is 12.6. The van der Waals surface area contributed by atoms with Crippen LogP contribution in [0.2, 0.25) is 0 Å². The first kappa shape index (κ1) is 14.7. The Hall–Kier alpha value is -2.27. The summed E-state index contributed by atoms with van der Waals surface area (Å²) in [7, 11) is 1.59. The number of carbonyl (C=O) groups excluding carboxylic acids is 1. The molecule has 0 spiro atoms. The fourth-order valence-corrected chi connectivity index (χ4v) is 2.87. The van der Waals surface area contributed by atoms with Crippen LogP contribution in [0, 0.1) is 12.8 Å². The molecule has 1 aromatic carbocycles. The fourth-order valence-electron chi connectivity index (χ4n) is 2.87. The first-order valence-electron chi connectivity index (χ1n) is 7.29. The van der Waals surface area contributed by atoms with E-state index in [9.17, 15) is 4.79 Å². The number of aliphatic hydroxyl groups excluding tert-OH is 1. The SMILES string of the molecule is COc1ccc2oc(C)c(C(=O)N[C@@H]3C=C[C@H](CO)C3)c2c1. The summed E-state index contributed by atoms with van der Waals surface area (Å²) in [6.45, 7) is 1.89. The largest absolute Gasteiger partial charge is 0.497 e. The zero-order valence-corrected chi connectivity index (χ0v) is 12.6. The van der Waals surface area contributed by atoms with Crippen molar-refractivity contribution in [3.05, 3.63) is 41.7 Å². The third-order valence-corrected chi connectivity index (χ3v) is 4.02. The third-order valence-electron chi connectivity index (χ3n) is 4.02. The molecule has 1 amide bonds. The van der Waals surface area contributed by atoms with Crippen molar-refractivity contribution in [2.24, 2.45) is 5.92 Å². The first-order chi connectivity index (χ1) is 10.6. The minimum absolute atomic E-state index is 0.0559. The average Bonchev–Trinajstić information content (AvgIpc) is 3.09. The fraction of sp³-hybridized carbons (Fsp3) is 0.353. The van der Waals surface area contributed by atoms with Crippen molar-refractivity contribution in [1.82, 2.24) is 5.32 Å². The number of hydrogen-bond donors (Lipinski definition) is 2. The lowest BCUT2D eigenvalue weighted by Crippen LogP contribution is -2.33. The molecule has 0 saturated heterocycles. The molecule has 1 aliphatic rings. The highest BCUT2D eigenvalue weighted by molar-refractivity contribution is 6.07. The number of aliphatic hydroxyl groups is 1. The molecular formula is C17H19NO4. The standard InChI is InChI=1S/C17H19NO4/c1-10-16(14-8-13(21-2)5-6-15(14)22-10)17(20)18-12-4-3-11(7-12)9-19/h3-6,8,11-12,19H,7,9H2,1-2H3,(H,18,20)/t11-,12+/m0/s1. The van der Waals surface area contributed by atoms with Gasteiger partial charge < -0.3 is 19.6 Å². The van der Waals surface area contributed by atoms with Crippen LogP contribution in [0.1, 0.15) is 22.5 Å². The third kappa shape index (κ3) is 2.60. The predicted octanol–water partition coefficient (Wildman–Crippen LogP) is 2.42. The van der Waals surface area contributed by atoms with E-state index in [4.69, 9.17) is 14.3 Å². The molecule has 0 bridgehead atoms. The van der Waals surface area contributed by atoms with Crippen LogP contribution in [0.3, 0.4) is 0 Å².